The predicted molar refractivity (Wildman–Crippen MR) is 109 cm³/mol. The molecule has 27 heavy (non-hydrogen) atoms. The highest BCUT2D eigenvalue weighted by Gasteiger charge is 2.18. The minimum absolute atomic E-state index is 0.0480. The number of carbonyl (C=O) groups is 2. The normalized spacial score (nSPS) is 10.4. The van der Waals surface area contributed by atoms with E-state index in [0.29, 0.717) is 22.3 Å². The Kier molecular flexibility index (Phi) is 7.95. The van der Waals surface area contributed by atoms with Crippen molar-refractivity contribution >= 4 is 40.7 Å². The van der Waals surface area contributed by atoms with Gasteiger partial charge in [-0.05, 0) is 37.1 Å². The molecule has 5 nitrogen and oxygen atoms in total. The van der Waals surface area contributed by atoms with Gasteiger partial charge in [-0.1, -0.05) is 48.3 Å². The van der Waals surface area contributed by atoms with Crippen molar-refractivity contribution in [1.82, 2.24) is 4.90 Å². The van der Waals surface area contributed by atoms with Gasteiger partial charge in [-0.2, -0.15) is 0 Å². The van der Waals surface area contributed by atoms with E-state index in [9.17, 15) is 9.59 Å². The van der Waals surface area contributed by atoms with Crippen molar-refractivity contribution in [2.45, 2.75) is 20.3 Å². The van der Waals surface area contributed by atoms with Crippen LogP contribution in [0.2, 0.25) is 10.0 Å². The van der Waals surface area contributed by atoms with Crippen LogP contribution in [0.25, 0.3) is 0 Å². The lowest BCUT2D eigenvalue weighted by Crippen LogP contribution is -2.41. The van der Waals surface area contributed by atoms with E-state index in [1.54, 1.807) is 18.2 Å². The fourth-order valence-electron chi connectivity index (χ4n) is 2.46. The summed E-state index contributed by atoms with van der Waals surface area (Å²) in [6, 6.07) is 12.3. The summed E-state index contributed by atoms with van der Waals surface area (Å²) in [5.41, 5.74) is 1.69. The van der Waals surface area contributed by atoms with E-state index in [1.807, 2.05) is 38.1 Å². The van der Waals surface area contributed by atoms with Gasteiger partial charge in [0.05, 0.1) is 11.6 Å². The third-order valence-corrected chi connectivity index (χ3v) is 4.39. The number of hydrogen-bond donors (Lipinski definition) is 1. The van der Waals surface area contributed by atoms with Crippen molar-refractivity contribution in [1.29, 1.82) is 0 Å². The molecule has 0 heterocycles. The Bertz CT molecular complexity index is 812. The molecule has 0 saturated carbocycles. The smallest absolute Gasteiger partial charge is 0.260 e. The first-order chi connectivity index (χ1) is 12.9. The molecule has 0 saturated heterocycles. The van der Waals surface area contributed by atoms with Gasteiger partial charge >= 0.3 is 0 Å². The van der Waals surface area contributed by atoms with Gasteiger partial charge in [0.1, 0.15) is 5.75 Å². The summed E-state index contributed by atoms with van der Waals surface area (Å²) >= 11 is 12.0. The molecule has 0 aliphatic carbocycles. The first-order valence-electron chi connectivity index (χ1n) is 8.61. The molecular formula is C20H22Cl2N2O3. The van der Waals surface area contributed by atoms with Gasteiger partial charge in [0.2, 0.25) is 5.91 Å². The lowest BCUT2D eigenvalue weighted by atomic mass is 10.2. The molecule has 144 valence electrons. The third kappa shape index (κ3) is 6.45. The molecule has 2 aromatic rings. The quantitative estimate of drug-likeness (QED) is 0.696. The average Bonchev–Trinajstić information content (AvgIpc) is 2.63. The monoisotopic (exact) mass is 408 g/mol. The van der Waals surface area contributed by atoms with Crippen LogP contribution < -0.4 is 10.1 Å². The molecule has 0 aliphatic heterocycles. The Morgan fingerprint density at radius 3 is 2.59 bits per heavy atom. The fraction of sp³-hybridized carbons (Fsp3) is 0.300. The summed E-state index contributed by atoms with van der Waals surface area (Å²) in [4.78, 5) is 26.3. The molecule has 0 aliphatic rings. The standard InChI is InChI=1S/C20H22Cl2N2O3/c1-3-10-24(12-19(25)23-17-7-5-4-6-14(17)2)20(26)13-27-18-11-15(21)8-9-16(18)22/h4-9,11H,3,10,12-13H2,1-2H3,(H,23,25). The van der Waals surface area contributed by atoms with Gasteiger partial charge in [0.25, 0.3) is 5.91 Å². The molecule has 0 fully saturated rings. The molecule has 0 bridgehead atoms. The zero-order chi connectivity index (χ0) is 19.8. The van der Waals surface area contributed by atoms with E-state index in [0.717, 1.165) is 17.7 Å². The van der Waals surface area contributed by atoms with Crippen molar-refractivity contribution in [3.8, 4) is 5.75 Å². The number of ether oxygens (including phenoxy) is 1. The topological polar surface area (TPSA) is 58.6 Å². The zero-order valence-corrected chi connectivity index (χ0v) is 16.8. The molecule has 0 radical (unpaired) electrons. The number of rotatable bonds is 8. The van der Waals surface area contributed by atoms with E-state index < -0.39 is 0 Å². The number of aryl methyl sites for hydroxylation is 1. The van der Waals surface area contributed by atoms with Crippen LogP contribution in [0.1, 0.15) is 18.9 Å². The Morgan fingerprint density at radius 2 is 1.89 bits per heavy atom. The second kappa shape index (κ2) is 10.2. The number of hydrogen-bond acceptors (Lipinski definition) is 3. The van der Waals surface area contributed by atoms with Gasteiger partial charge in [0, 0.05) is 23.3 Å². The maximum atomic E-state index is 12.5. The van der Waals surface area contributed by atoms with E-state index in [2.05, 4.69) is 5.32 Å². The summed E-state index contributed by atoms with van der Waals surface area (Å²) < 4.78 is 5.49. The maximum absolute atomic E-state index is 12.5. The lowest BCUT2D eigenvalue weighted by Gasteiger charge is -2.22. The van der Waals surface area contributed by atoms with E-state index >= 15 is 0 Å². The number of anilines is 1. The molecule has 1 N–H and O–H groups in total. The van der Waals surface area contributed by atoms with Crippen molar-refractivity contribution < 1.29 is 14.3 Å². The van der Waals surface area contributed by atoms with Crippen molar-refractivity contribution in [2.24, 2.45) is 0 Å². The first kappa shape index (κ1) is 21.1. The minimum atomic E-state index is -0.298. The van der Waals surface area contributed by atoms with Gasteiger partial charge in [-0.15, -0.1) is 0 Å². The Labute approximate surface area is 169 Å². The number of para-hydroxylation sites is 1. The van der Waals surface area contributed by atoms with Crippen LogP contribution in [0.15, 0.2) is 42.5 Å². The van der Waals surface area contributed by atoms with Gasteiger partial charge in [-0.25, -0.2) is 0 Å². The van der Waals surface area contributed by atoms with E-state index in [-0.39, 0.29) is 25.0 Å². The number of nitrogens with zero attached hydrogens (tertiary/aromatic N) is 1. The van der Waals surface area contributed by atoms with Crippen LogP contribution in [0.5, 0.6) is 5.75 Å². The van der Waals surface area contributed by atoms with Crippen LogP contribution in [0.3, 0.4) is 0 Å². The van der Waals surface area contributed by atoms with Gasteiger partial charge in [0.15, 0.2) is 6.61 Å². The first-order valence-corrected chi connectivity index (χ1v) is 9.37. The molecule has 0 atom stereocenters. The summed E-state index contributed by atoms with van der Waals surface area (Å²) in [7, 11) is 0. The van der Waals surface area contributed by atoms with Gasteiger partial charge in [-0.3, -0.25) is 9.59 Å². The number of nitrogens with one attached hydrogen (secondary N) is 1. The maximum Gasteiger partial charge on any atom is 0.260 e. The highest BCUT2D eigenvalue weighted by atomic mass is 35.5. The lowest BCUT2D eigenvalue weighted by molar-refractivity contribution is -0.136. The summed E-state index contributed by atoms with van der Waals surface area (Å²) in [5, 5.41) is 3.66. The van der Waals surface area contributed by atoms with Crippen LogP contribution in [0, 0.1) is 6.92 Å². The highest BCUT2D eigenvalue weighted by molar-refractivity contribution is 6.34. The number of benzene rings is 2. The number of amides is 2. The molecule has 0 aromatic heterocycles. The molecular weight excluding hydrogens is 387 g/mol. The van der Waals surface area contributed by atoms with Gasteiger partial charge < -0.3 is 15.0 Å². The molecule has 0 unspecified atom stereocenters. The zero-order valence-electron chi connectivity index (χ0n) is 15.3. The second-order valence-electron chi connectivity index (χ2n) is 6.04. The molecule has 0 spiro atoms. The Balaban J connectivity index is 1.96. The predicted octanol–water partition coefficient (Wildman–Crippen LogP) is 4.56. The summed E-state index contributed by atoms with van der Waals surface area (Å²) in [6.45, 7) is 4.03. The average molecular weight is 409 g/mol. The van der Waals surface area contributed by atoms with Crippen LogP contribution in [0.4, 0.5) is 5.69 Å². The summed E-state index contributed by atoms with van der Waals surface area (Å²) in [5.74, 6) is -0.224. The second-order valence-corrected chi connectivity index (χ2v) is 6.89. The largest absolute Gasteiger partial charge is 0.482 e. The molecule has 2 amide bonds. The SMILES string of the molecule is CCCN(CC(=O)Nc1ccccc1C)C(=O)COc1cc(Cl)ccc1Cl. The highest BCUT2D eigenvalue weighted by Crippen LogP contribution is 2.27. The summed E-state index contributed by atoms with van der Waals surface area (Å²) in [6.07, 6.45) is 0.724. The van der Waals surface area contributed by atoms with Crippen molar-refractivity contribution in [2.75, 3.05) is 25.0 Å². The number of carbonyl (C=O) groups excluding carboxylic acids is 2. The van der Waals surface area contributed by atoms with Crippen molar-refractivity contribution in [3.05, 3.63) is 58.1 Å². The molecule has 2 rings (SSSR count). The van der Waals surface area contributed by atoms with Crippen LogP contribution in [-0.4, -0.2) is 36.4 Å². The van der Waals surface area contributed by atoms with Crippen LogP contribution >= 0.6 is 23.2 Å². The molecule has 2 aromatic carbocycles. The Hall–Kier alpha value is -2.24. The minimum Gasteiger partial charge on any atom is -0.482 e. The van der Waals surface area contributed by atoms with E-state index in [4.69, 9.17) is 27.9 Å². The third-order valence-electron chi connectivity index (χ3n) is 3.84. The Morgan fingerprint density at radius 1 is 1.15 bits per heavy atom. The van der Waals surface area contributed by atoms with E-state index in [1.165, 1.54) is 4.90 Å². The molecule has 7 heteroatoms. The fourth-order valence-corrected chi connectivity index (χ4v) is 2.79. The van der Waals surface area contributed by atoms with Crippen molar-refractivity contribution in [3.63, 3.8) is 0 Å². The number of halogens is 2. The van der Waals surface area contributed by atoms with Crippen LogP contribution in [-0.2, 0) is 9.59 Å².